The van der Waals surface area contributed by atoms with Crippen molar-refractivity contribution in [1.29, 1.82) is 0 Å². The topological polar surface area (TPSA) is 59.5 Å². The third kappa shape index (κ3) is 5.66. The number of carbonyl (C=O) groups excluding carboxylic acids is 2. The molecule has 0 radical (unpaired) electrons. The highest BCUT2D eigenvalue weighted by atomic mass is 32.2. The lowest BCUT2D eigenvalue weighted by Crippen LogP contribution is -2.28. The number of hydrogen-bond donors (Lipinski definition) is 0. The van der Waals surface area contributed by atoms with Crippen molar-refractivity contribution in [1.82, 2.24) is 9.88 Å². The second-order valence-electron chi connectivity index (χ2n) is 4.14. The molecule has 0 aliphatic carbocycles. The Morgan fingerprint density at radius 1 is 1.48 bits per heavy atom. The molecule has 0 unspecified atom stereocenters. The molecule has 5 nitrogen and oxygen atoms in total. The van der Waals surface area contributed by atoms with Crippen LogP contribution < -0.4 is 0 Å². The molecule has 1 heterocycles. The normalized spacial score (nSPS) is 10.5. The molecule has 1 rings (SSSR count). The van der Waals surface area contributed by atoms with Gasteiger partial charge in [-0.2, -0.15) is 8.78 Å². The predicted octanol–water partition coefficient (Wildman–Crippen LogP) is 2.42. The second-order valence-corrected chi connectivity index (χ2v) is 5.12. The zero-order chi connectivity index (χ0) is 15.8. The number of thioether (sulfide) groups is 1. The number of pyridine rings is 1. The van der Waals surface area contributed by atoms with Crippen molar-refractivity contribution in [3.63, 3.8) is 0 Å². The van der Waals surface area contributed by atoms with E-state index in [9.17, 15) is 18.4 Å². The third-order valence-electron chi connectivity index (χ3n) is 2.65. The Morgan fingerprint density at radius 2 is 2.19 bits per heavy atom. The van der Waals surface area contributed by atoms with Gasteiger partial charge in [0.05, 0.1) is 12.7 Å². The molecule has 21 heavy (non-hydrogen) atoms. The zero-order valence-electron chi connectivity index (χ0n) is 11.7. The lowest BCUT2D eigenvalue weighted by atomic mass is 10.2. The van der Waals surface area contributed by atoms with E-state index in [2.05, 4.69) is 9.72 Å². The summed E-state index contributed by atoms with van der Waals surface area (Å²) in [5.74, 6) is -3.40. The lowest BCUT2D eigenvalue weighted by molar-refractivity contribution is -0.140. The van der Waals surface area contributed by atoms with Crippen LogP contribution >= 0.6 is 11.8 Å². The van der Waals surface area contributed by atoms with E-state index in [-0.39, 0.29) is 34.7 Å². The van der Waals surface area contributed by atoms with Gasteiger partial charge in [-0.05, 0) is 30.3 Å². The van der Waals surface area contributed by atoms with Gasteiger partial charge < -0.3 is 9.64 Å². The summed E-state index contributed by atoms with van der Waals surface area (Å²) in [5.41, 5.74) is 0.128. The van der Waals surface area contributed by atoms with E-state index >= 15 is 0 Å². The Labute approximate surface area is 125 Å². The van der Waals surface area contributed by atoms with Gasteiger partial charge in [0, 0.05) is 26.2 Å². The van der Waals surface area contributed by atoms with Crippen LogP contribution in [0.3, 0.4) is 0 Å². The molecule has 0 fully saturated rings. The average molecular weight is 318 g/mol. The first kappa shape index (κ1) is 17.4. The monoisotopic (exact) mass is 318 g/mol. The Kier molecular flexibility index (Phi) is 7.07. The number of carbonyl (C=O) groups is 2. The number of methoxy groups -OCH3 is 1. The van der Waals surface area contributed by atoms with Gasteiger partial charge in [-0.25, -0.2) is 4.98 Å². The molecule has 0 saturated heterocycles. The Morgan fingerprint density at radius 3 is 2.81 bits per heavy atom. The molecular formula is C13H16F2N2O3S. The van der Waals surface area contributed by atoms with E-state index in [1.54, 1.807) is 7.05 Å². The number of ether oxygens (including phenoxy) is 1. The molecule has 0 saturated carbocycles. The average Bonchev–Trinajstić information content (AvgIpc) is 2.46. The summed E-state index contributed by atoms with van der Waals surface area (Å²) in [6.45, 7) is 0.321. The highest BCUT2D eigenvalue weighted by molar-refractivity contribution is 7.99. The molecule has 0 bridgehead atoms. The molecule has 116 valence electrons. The molecule has 0 N–H and O–H groups in total. The van der Waals surface area contributed by atoms with Crippen molar-refractivity contribution in [2.45, 2.75) is 23.6 Å². The summed E-state index contributed by atoms with van der Waals surface area (Å²) in [6, 6.07) is 2.97. The van der Waals surface area contributed by atoms with E-state index < -0.39 is 11.7 Å². The number of esters is 1. The molecule has 1 amide bonds. The van der Waals surface area contributed by atoms with E-state index in [1.807, 2.05) is 0 Å². The molecule has 0 aromatic carbocycles. The van der Waals surface area contributed by atoms with Crippen LogP contribution in [0.25, 0.3) is 0 Å². The minimum Gasteiger partial charge on any atom is -0.469 e. The molecule has 0 spiro atoms. The maximum Gasteiger partial charge on any atom is 0.305 e. The SMILES string of the molecule is COC(=O)CCCN(C)C(=O)c1cccnc1SC(F)F. The third-order valence-corrected chi connectivity index (χ3v) is 3.38. The number of aromatic nitrogens is 1. The highest BCUT2D eigenvalue weighted by Crippen LogP contribution is 2.26. The van der Waals surface area contributed by atoms with E-state index in [0.29, 0.717) is 13.0 Å². The van der Waals surface area contributed by atoms with Crippen molar-refractivity contribution >= 4 is 23.6 Å². The predicted molar refractivity (Wildman–Crippen MR) is 74.3 cm³/mol. The van der Waals surface area contributed by atoms with Gasteiger partial charge in [0.25, 0.3) is 11.7 Å². The largest absolute Gasteiger partial charge is 0.469 e. The Hall–Kier alpha value is -1.70. The summed E-state index contributed by atoms with van der Waals surface area (Å²) >= 11 is 0.237. The van der Waals surface area contributed by atoms with Crippen LogP contribution in [-0.4, -0.2) is 48.2 Å². The van der Waals surface area contributed by atoms with Crippen molar-refractivity contribution in [2.24, 2.45) is 0 Å². The van der Waals surface area contributed by atoms with Crippen LogP contribution in [0.1, 0.15) is 23.2 Å². The first-order chi connectivity index (χ1) is 9.95. The lowest BCUT2D eigenvalue weighted by Gasteiger charge is -2.18. The van der Waals surface area contributed by atoms with Crippen LogP contribution in [-0.2, 0) is 9.53 Å². The van der Waals surface area contributed by atoms with Gasteiger partial charge in [-0.1, -0.05) is 0 Å². The van der Waals surface area contributed by atoms with Crippen LogP contribution in [0.4, 0.5) is 8.78 Å². The van der Waals surface area contributed by atoms with Gasteiger partial charge in [0.1, 0.15) is 5.03 Å². The van der Waals surface area contributed by atoms with Crippen LogP contribution in [0, 0.1) is 0 Å². The van der Waals surface area contributed by atoms with E-state index in [0.717, 1.165) is 0 Å². The number of hydrogen-bond acceptors (Lipinski definition) is 5. The molecule has 1 aromatic rings. The van der Waals surface area contributed by atoms with Crippen LogP contribution in [0.5, 0.6) is 0 Å². The number of nitrogens with zero attached hydrogens (tertiary/aromatic N) is 2. The van der Waals surface area contributed by atoms with E-state index in [1.165, 1.54) is 30.3 Å². The summed E-state index contributed by atoms with van der Waals surface area (Å²) < 4.78 is 29.4. The quantitative estimate of drug-likeness (QED) is 0.571. The summed E-state index contributed by atoms with van der Waals surface area (Å²) in [4.78, 5) is 28.4. The maximum atomic E-state index is 12.4. The van der Waals surface area contributed by atoms with Crippen molar-refractivity contribution in [2.75, 3.05) is 20.7 Å². The standard InChI is InChI=1S/C13H16F2N2O3S/c1-17(8-4-6-10(18)20-2)12(19)9-5-3-7-16-11(9)21-13(14)15/h3,5,7,13H,4,6,8H2,1-2H3. The van der Waals surface area contributed by atoms with Gasteiger partial charge in [0.15, 0.2) is 0 Å². The van der Waals surface area contributed by atoms with Gasteiger partial charge >= 0.3 is 5.97 Å². The highest BCUT2D eigenvalue weighted by Gasteiger charge is 2.19. The molecule has 0 atom stereocenters. The van der Waals surface area contributed by atoms with Crippen LogP contribution in [0.15, 0.2) is 23.4 Å². The Bertz CT molecular complexity index is 500. The first-order valence-electron chi connectivity index (χ1n) is 6.17. The summed E-state index contributed by atoms with van der Waals surface area (Å²) in [6.07, 6.45) is 1.99. The number of halogens is 2. The smallest absolute Gasteiger partial charge is 0.305 e. The zero-order valence-corrected chi connectivity index (χ0v) is 12.5. The fourth-order valence-electron chi connectivity index (χ4n) is 1.60. The van der Waals surface area contributed by atoms with Crippen molar-refractivity contribution in [3.8, 4) is 0 Å². The summed E-state index contributed by atoms with van der Waals surface area (Å²) in [5, 5.41) is -0.00248. The van der Waals surface area contributed by atoms with Crippen molar-refractivity contribution < 1.29 is 23.1 Å². The molecule has 0 aliphatic rings. The molecule has 1 aromatic heterocycles. The van der Waals surface area contributed by atoms with Gasteiger partial charge in [-0.15, -0.1) is 0 Å². The molecule has 0 aliphatic heterocycles. The van der Waals surface area contributed by atoms with Gasteiger partial charge in [-0.3, -0.25) is 9.59 Å². The second kappa shape index (κ2) is 8.56. The molecular weight excluding hydrogens is 302 g/mol. The molecule has 8 heteroatoms. The fourth-order valence-corrected chi connectivity index (χ4v) is 2.17. The summed E-state index contributed by atoms with van der Waals surface area (Å²) in [7, 11) is 2.84. The number of amides is 1. The first-order valence-corrected chi connectivity index (χ1v) is 7.05. The number of alkyl halides is 2. The van der Waals surface area contributed by atoms with Crippen molar-refractivity contribution in [3.05, 3.63) is 23.9 Å². The number of rotatable bonds is 7. The van der Waals surface area contributed by atoms with Gasteiger partial charge in [0.2, 0.25) is 0 Å². The maximum absolute atomic E-state index is 12.4. The van der Waals surface area contributed by atoms with E-state index in [4.69, 9.17) is 0 Å². The minimum absolute atomic E-state index is 0.00248. The van der Waals surface area contributed by atoms with Crippen LogP contribution in [0.2, 0.25) is 0 Å². The minimum atomic E-state index is -2.64. The fraction of sp³-hybridized carbons (Fsp3) is 0.462. The Balaban J connectivity index is 2.67.